The van der Waals surface area contributed by atoms with Crippen molar-refractivity contribution in [1.29, 1.82) is 0 Å². The van der Waals surface area contributed by atoms with Crippen LogP contribution in [0.5, 0.6) is 5.75 Å². The highest BCUT2D eigenvalue weighted by atomic mass is 16.5. The van der Waals surface area contributed by atoms with Gasteiger partial charge in [0.2, 0.25) is 41.4 Å². The zero-order chi connectivity index (χ0) is 53.8. The van der Waals surface area contributed by atoms with Crippen molar-refractivity contribution in [3.05, 3.63) is 83.9 Å². The number of hydrogen-bond acceptors (Lipinski definition) is 12. The Morgan fingerprint density at radius 1 is 0.767 bits per heavy atom. The molecule has 398 valence electrons. The number of carbonyl (C=O) groups excluding carboxylic acids is 7. The maximum Gasteiger partial charge on any atom is 0.326 e. The number of likely N-dealkylation sites (tertiary alicyclic amines) is 1. The van der Waals surface area contributed by atoms with E-state index in [1.165, 1.54) is 31.5 Å². The molecule has 0 saturated carbocycles. The van der Waals surface area contributed by atoms with Gasteiger partial charge in [-0.3, -0.25) is 38.6 Å². The summed E-state index contributed by atoms with van der Waals surface area (Å²) in [5.74, 6) is -6.66. The van der Waals surface area contributed by atoms with Gasteiger partial charge < -0.3 is 68.8 Å². The first-order valence-corrected chi connectivity index (χ1v) is 24.5. The standard InChI is InChI=1S/C50H73N13O10/c1-7-29(4)41(47(69)59-37(25-33-26-54-27-56-33)48(70)63-22-12-16-39(63)45(67)60-38(49(71)72)24-31-13-9-8-10-14-31)62-44(66)36(23-32-17-19-34(73-6)20-18-32)58-46(68)40(28(2)3)61-43(65)35(57-42(64)30(5)51)15-11-21-55-50(52)53/h8-10,13-14,17-20,26-30,35-41H,7,11-12,15-16,21-25,51H2,1-6H3,(H,54,56)(H,57,64)(H,58,68)(H,59,69)(H,60,67)(H,61,65)(H,62,66)(H,71,72)(H4,52,53,55)/t29-,30-,35-,36-,37-,38-,39+,40-,41-/m0/s1. The molecule has 2 heterocycles. The van der Waals surface area contributed by atoms with E-state index in [-0.39, 0.29) is 51.2 Å². The number of imidazole rings is 1. The molecule has 1 aromatic heterocycles. The number of nitrogens with zero attached hydrogens (tertiary/aromatic N) is 3. The van der Waals surface area contributed by atoms with Crippen LogP contribution in [0.2, 0.25) is 0 Å². The largest absolute Gasteiger partial charge is 0.497 e. The number of amides is 7. The number of aliphatic imine (C=N–C) groups is 1. The van der Waals surface area contributed by atoms with Gasteiger partial charge in [-0.2, -0.15) is 0 Å². The van der Waals surface area contributed by atoms with Gasteiger partial charge in [0.05, 0.1) is 19.5 Å². The van der Waals surface area contributed by atoms with Crippen molar-refractivity contribution in [3.63, 3.8) is 0 Å². The quantitative estimate of drug-likeness (QED) is 0.0249. The number of aromatic amines is 1. The van der Waals surface area contributed by atoms with Gasteiger partial charge >= 0.3 is 5.97 Å². The first-order valence-electron chi connectivity index (χ1n) is 24.5. The van der Waals surface area contributed by atoms with Gasteiger partial charge in [0, 0.05) is 44.2 Å². The smallest absolute Gasteiger partial charge is 0.326 e. The predicted molar refractivity (Wildman–Crippen MR) is 271 cm³/mol. The minimum atomic E-state index is -1.32. The van der Waals surface area contributed by atoms with Gasteiger partial charge in [0.25, 0.3) is 0 Å². The lowest BCUT2D eigenvalue weighted by molar-refractivity contribution is -0.145. The van der Waals surface area contributed by atoms with E-state index in [0.717, 1.165) is 0 Å². The minimum absolute atomic E-state index is 0.0172. The number of nitrogens with two attached hydrogens (primary N) is 3. The summed E-state index contributed by atoms with van der Waals surface area (Å²) in [7, 11) is 1.50. The normalized spacial score (nSPS) is 16.5. The number of aliphatic carboxylic acids is 1. The number of ether oxygens (including phenoxy) is 1. The average Bonchev–Trinajstić information content (AvgIpc) is 4.08. The number of H-pyrrole nitrogens is 1. The topological polar surface area (TPSA) is 361 Å². The number of carboxylic acids is 1. The van der Waals surface area contributed by atoms with Crippen molar-refractivity contribution in [2.24, 2.45) is 34.0 Å². The Morgan fingerprint density at radius 2 is 1.37 bits per heavy atom. The number of nitrogens with one attached hydrogen (secondary N) is 7. The monoisotopic (exact) mass is 1020 g/mol. The van der Waals surface area contributed by atoms with Crippen LogP contribution in [0.1, 0.15) is 83.5 Å². The molecule has 1 saturated heterocycles. The highest BCUT2D eigenvalue weighted by Gasteiger charge is 2.41. The van der Waals surface area contributed by atoms with Crippen LogP contribution in [0.25, 0.3) is 0 Å². The van der Waals surface area contributed by atoms with Crippen molar-refractivity contribution in [2.45, 2.75) is 134 Å². The summed E-state index contributed by atoms with van der Waals surface area (Å²) in [6, 6.07) is 6.16. The molecule has 1 fully saturated rings. The molecular formula is C50H73N13O10. The van der Waals surface area contributed by atoms with E-state index in [2.05, 4.69) is 46.9 Å². The van der Waals surface area contributed by atoms with E-state index >= 15 is 0 Å². The fraction of sp³-hybridized carbons (Fsp3) is 0.520. The van der Waals surface area contributed by atoms with Crippen LogP contribution in [-0.2, 0) is 57.6 Å². The number of carbonyl (C=O) groups is 8. The van der Waals surface area contributed by atoms with Gasteiger partial charge in [0.15, 0.2) is 5.96 Å². The highest BCUT2D eigenvalue weighted by Crippen LogP contribution is 2.21. The molecule has 73 heavy (non-hydrogen) atoms. The second-order valence-corrected chi connectivity index (χ2v) is 18.6. The van der Waals surface area contributed by atoms with Crippen LogP contribution in [0.3, 0.4) is 0 Å². The van der Waals surface area contributed by atoms with E-state index in [1.54, 1.807) is 75.4 Å². The molecule has 9 atom stereocenters. The number of rotatable bonds is 28. The van der Waals surface area contributed by atoms with Gasteiger partial charge in [-0.1, -0.05) is 76.6 Å². The number of methoxy groups -OCH3 is 1. The summed E-state index contributed by atoms with van der Waals surface area (Å²) >= 11 is 0. The molecule has 23 heteroatoms. The molecule has 0 bridgehead atoms. The summed E-state index contributed by atoms with van der Waals surface area (Å²) in [5.41, 5.74) is 18.5. The molecule has 0 spiro atoms. The second-order valence-electron chi connectivity index (χ2n) is 18.6. The lowest BCUT2D eigenvalue weighted by Crippen LogP contribution is -2.62. The van der Waals surface area contributed by atoms with Crippen LogP contribution in [-0.4, -0.2) is 142 Å². The zero-order valence-corrected chi connectivity index (χ0v) is 42.4. The Balaban J connectivity index is 1.60. The van der Waals surface area contributed by atoms with Gasteiger partial charge in [-0.15, -0.1) is 0 Å². The molecule has 14 N–H and O–H groups in total. The van der Waals surface area contributed by atoms with E-state index in [1.807, 2.05) is 6.92 Å². The Labute approximate surface area is 425 Å². The number of aromatic nitrogens is 2. The summed E-state index contributed by atoms with van der Waals surface area (Å²) in [5, 5.41) is 26.4. The van der Waals surface area contributed by atoms with Crippen molar-refractivity contribution in [3.8, 4) is 5.75 Å². The lowest BCUT2D eigenvalue weighted by Gasteiger charge is -2.32. The number of guanidine groups is 1. The van der Waals surface area contributed by atoms with Crippen molar-refractivity contribution >= 4 is 53.3 Å². The predicted octanol–water partition coefficient (Wildman–Crippen LogP) is -0.467. The van der Waals surface area contributed by atoms with Crippen LogP contribution in [0.15, 0.2) is 72.1 Å². The maximum atomic E-state index is 14.6. The first-order chi connectivity index (χ1) is 34.7. The van der Waals surface area contributed by atoms with E-state index in [9.17, 15) is 43.5 Å². The molecular weight excluding hydrogens is 943 g/mol. The van der Waals surface area contributed by atoms with Crippen LogP contribution < -0.4 is 53.8 Å². The number of benzene rings is 2. The fourth-order valence-electron chi connectivity index (χ4n) is 8.19. The summed E-state index contributed by atoms with van der Waals surface area (Å²) in [4.78, 5) is 123. The Morgan fingerprint density at radius 3 is 1.96 bits per heavy atom. The summed E-state index contributed by atoms with van der Waals surface area (Å²) in [6.45, 7) is 8.71. The molecule has 0 unspecified atom stereocenters. The van der Waals surface area contributed by atoms with Gasteiger partial charge in [-0.05, 0) is 67.7 Å². The highest BCUT2D eigenvalue weighted by molar-refractivity contribution is 5.98. The summed E-state index contributed by atoms with van der Waals surface area (Å²) < 4.78 is 5.31. The van der Waals surface area contributed by atoms with Gasteiger partial charge in [0.1, 0.15) is 48.0 Å². The molecule has 3 aromatic rings. The van der Waals surface area contributed by atoms with E-state index in [4.69, 9.17) is 21.9 Å². The lowest BCUT2D eigenvalue weighted by atomic mass is 9.96. The third-order valence-electron chi connectivity index (χ3n) is 12.6. The SMILES string of the molecule is CC[C@H](C)[C@H](NC(=O)[C@H](Cc1ccc(OC)cc1)NC(=O)[C@@H](NC(=O)[C@H](CCCN=C(N)N)NC(=O)[C@H](C)N)C(C)C)C(=O)N[C@@H](Cc1cnc[nH]1)C(=O)N1CCC[C@@H]1C(=O)N[C@@H](Cc1ccccc1)C(=O)O. The number of hydrogen-bond donors (Lipinski definition) is 11. The first kappa shape index (κ1) is 58.0. The molecule has 0 aliphatic carbocycles. The molecule has 1 aliphatic heterocycles. The molecule has 7 amide bonds. The number of carboxylic acid groups (broad SMARTS) is 1. The Hall–Kier alpha value is -7.56. The fourth-order valence-corrected chi connectivity index (χ4v) is 8.19. The van der Waals surface area contributed by atoms with Crippen LogP contribution in [0.4, 0.5) is 0 Å². The molecule has 2 aromatic carbocycles. The zero-order valence-electron chi connectivity index (χ0n) is 42.4. The van der Waals surface area contributed by atoms with Crippen LogP contribution >= 0.6 is 0 Å². The van der Waals surface area contributed by atoms with Crippen molar-refractivity contribution in [1.82, 2.24) is 46.8 Å². The minimum Gasteiger partial charge on any atom is -0.497 e. The average molecular weight is 1020 g/mol. The van der Waals surface area contributed by atoms with E-state index in [0.29, 0.717) is 41.8 Å². The van der Waals surface area contributed by atoms with Crippen molar-refractivity contribution < 1.29 is 48.2 Å². The summed E-state index contributed by atoms with van der Waals surface area (Å²) in [6.07, 6.45) is 4.24. The third kappa shape index (κ3) is 17.9. The Kier molecular flexibility index (Phi) is 22.6. The molecule has 23 nitrogen and oxygen atoms in total. The van der Waals surface area contributed by atoms with E-state index < -0.39 is 107 Å². The van der Waals surface area contributed by atoms with Crippen molar-refractivity contribution in [2.75, 3.05) is 20.2 Å². The van der Waals surface area contributed by atoms with Crippen LogP contribution in [0, 0.1) is 11.8 Å². The molecule has 1 aliphatic rings. The third-order valence-corrected chi connectivity index (χ3v) is 12.6. The molecule has 0 radical (unpaired) electrons. The second kappa shape index (κ2) is 28.5. The molecule has 4 rings (SSSR count). The Bertz CT molecular complexity index is 2340. The van der Waals surface area contributed by atoms with Gasteiger partial charge in [-0.25, -0.2) is 9.78 Å². The maximum absolute atomic E-state index is 14.6.